The lowest BCUT2D eigenvalue weighted by molar-refractivity contribution is 0.0527. The minimum atomic E-state index is -1.11. The molecule has 0 aliphatic heterocycles. The maximum Gasteiger partial charge on any atom is 0.265 e. The van der Waals surface area contributed by atoms with Crippen molar-refractivity contribution < 1.29 is 14.6 Å². The molecule has 1 unspecified atom stereocenters. The number of amides is 1. The van der Waals surface area contributed by atoms with Gasteiger partial charge in [-0.05, 0) is 23.9 Å². The van der Waals surface area contributed by atoms with Crippen LogP contribution in [0, 0.1) is 0 Å². The Labute approximate surface area is 122 Å². The van der Waals surface area contributed by atoms with Gasteiger partial charge in [0.2, 0.25) is 0 Å². The Balaban J connectivity index is 2.03. The molecule has 0 spiro atoms. The zero-order valence-corrected chi connectivity index (χ0v) is 12.2. The normalized spacial score (nSPS) is 13.6. The third kappa shape index (κ3) is 3.18. The van der Waals surface area contributed by atoms with Gasteiger partial charge in [0.1, 0.15) is 16.2 Å². The Morgan fingerprint density at radius 1 is 1.35 bits per heavy atom. The fraction of sp³-hybridized carbons (Fsp3) is 0.267. The zero-order valence-electron chi connectivity index (χ0n) is 11.4. The standard InChI is InChI=1S/C15H17NO3S/c1-15(18,11-6-4-3-5-7-11)10-16-14(17)13-12(19-2)8-9-20-13/h3-9,18H,10H2,1-2H3,(H,16,17). The van der Waals surface area contributed by atoms with E-state index in [1.165, 1.54) is 18.4 Å². The van der Waals surface area contributed by atoms with Crippen LogP contribution in [0.5, 0.6) is 5.75 Å². The maximum absolute atomic E-state index is 12.1. The predicted octanol–water partition coefficient (Wildman–Crippen LogP) is 2.39. The number of hydrogen-bond acceptors (Lipinski definition) is 4. The highest BCUT2D eigenvalue weighted by Gasteiger charge is 2.24. The van der Waals surface area contributed by atoms with Crippen LogP contribution in [0.4, 0.5) is 0 Å². The third-order valence-corrected chi connectivity index (χ3v) is 3.94. The lowest BCUT2D eigenvalue weighted by atomic mass is 9.96. The molecule has 2 aromatic rings. The molecule has 0 radical (unpaired) electrons. The van der Waals surface area contributed by atoms with Crippen molar-refractivity contribution in [2.45, 2.75) is 12.5 Å². The molecule has 0 saturated carbocycles. The van der Waals surface area contributed by atoms with E-state index in [2.05, 4.69) is 5.32 Å². The molecular weight excluding hydrogens is 274 g/mol. The quantitative estimate of drug-likeness (QED) is 0.889. The molecule has 5 heteroatoms. The van der Waals surface area contributed by atoms with Crippen LogP contribution in [0.3, 0.4) is 0 Å². The Bertz CT molecular complexity index is 578. The van der Waals surface area contributed by atoms with Crippen LogP contribution in [0.2, 0.25) is 0 Å². The highest BCUT2D eigenvalue weighted by molar-refractivity contribution is 7.12. The first kappa shape index (κ1) is 14.6. The average molecular weight is 291 g/mol. The number of aliphatic hydroxyl groups is 1. The summed E-state index contributed by atoms with van der Waals surface area (Å²) in [5, 5.41) is 15.0. The minimum absolute atomic E-state index is 0.136. The summed E-state index contributed by atoms with van der Waals surface area (Å²) in [6.07, 6.45) is 0. The molecule has 0 aliphatic rings. The SMILES string of the molecule is COc1ccsc1C(=O)NCC(C)(O)c1ccccc1. The number of thiophene rings is 1. The van der Waals surface area contributed by atoms with Crippen LogP contribution < -0.4 is 10.1 Å². The molecule has 1 heterocycles. The summed E-state index contributed by atoms with van der Waals surface area (Å²) in [5.41, 5.74) is -0.347. The molecule has 2 N–H and O–H groups in total. The van der Waals surface area contributed by atoms with Crippen LogP contribution in [0.25, 0.3) is 0 Å². The van der Waals surface area contributed by atoms with Gasteiger partial charge >= 0.3 is 0 Å². The molecule has 1 atom stereocenters. The summed E-state index contributed by atoms with van der Waals surface area (Å²) in [4.78, 5) is 12.6. The van der Waals surface area contributed by atoms with Crippen molar-refractivity contribution in [1.82, 2.24) is 5.32 Å². The molecule has 2 rings (SSSR count). The first-order valence-corrected chi connectivity index (χ1v) is 7.10. The van der Waals surface area contributed by atoms with Crippen LogP contribution >= 0.6 is 11.3 Å². The topological polar surface area (TPSA) is 58.6 Å². The lowest BCUT2D eigenvalue weighted by Crippen LogP contribution is -2.38. The lowest BCUT2D eigenvalue weighted by Gasteiger charge is -2.24. The van der Waals surface area contributed by atoms with Crippen molar-refractivity contribution in [3.8, 4) is 5.75 Å². The molecule has 1 aromatic heterocycles. The Hall–Kier alpha value is -1.85. The Morgan fingerprint density at radius 3 is 2.70 bits per heavy atom. The highest BCUT2D eigenvalue weighted by atomic mass is 32.1. The van der Waals surface area contributed by atoms with Gasteiger partial charge in [-0.3, -0.25) is 4.79 Å². The molecule has 0 bridgehead atoms. The van der Waals surface area contributed by atoms with Gasteiger partial charge in [-0.15, -0.1) is 11.3 Å². The van der Waals surface area contributed by atoms with Gasteiger partial charge in [0, 0.05) is 0 Å². The Kier molecular flexibility index (Phi) is 4.42. The number of benzene rings is 1. The molecule has 1 amide bonds. The summed E-state index contributed by atoms with van der Waals surface area (Å²) in [5.74, 6) is 0.305. The van der Waals surface area contributed by atoms with Crippen LogP contribution in [0.1, 0.15) is 22.2 Å². The molecule has 106 valence electrons. The van der Waals surface area contributed by atoms with Crippen molar-refractivity contribution in [2.75, 3.05) is 13.7 Å². The van der Waals surface area contributed by atoms with E-state index in [9.17, 15) is 9.90 Å². The number of carbonyl (C=O) groups excluding carboxylic acids is 1. The smallest absolute Gasteiger partial charge is 0.265 e. The molecule has 1 aromatic carbocycles. The second-order valence-corrected chi connectivity index (χ2v) is 5.56. The molecule has 0 aliphatic carbocycles. The number of ether oxygens (including phenoxy) is 1. The molecule has 0 fully saturated rings. The first-order valence-electron chi connectivity index (χ1n) is 6.22. The van der Waals surface area contributed by atoms with Gasteiger partial charge in [0.25, 0.3) is 5.91 Å². The maximum atomic E-state index is 12.1. The largest absolute Gasteiger partial charge is 0.495 e. The number of hydrogen-bond donors (Lipinski definition) is 2. The van der Waals surface area contributed by atoms with E-state index in [-0.39, 0.29) is 12.5 Å². The molecular formula is C15H17NO3S. The molecule has 20 heavy (non-hydrogen) atoms. The second kappa shape index (κ2) is 6.07. The van der Waals surface area contributed by atoms with Crippen molar-refractivity contribution in [3.05, 3.63) is 52.2 Å². The van der Waals surface area contributed by atoms with Gasteiger partial charge in [-0.2, -0.15) is 0 Å². The Morgan fingerprint density at radius 2 is 2.05 bits per heavy atom. The van der Waals surface area contributed by atoms with Crippen LogP contribution in [0.15, 0.2) is 41.8 Å². The highest BCUT2D eigenvalue weighted by Crippen LogP contribution is 2.25. The monoisotopic (exact) mass is 291 g/mol. The van der Waals surface area contributed by atoms with E-state index in [1.807, 2.05) is 30.3 Å². The third-order valence-electron chi connectivity index (χ3n) is 3.04. The van der Waals surface area contributed by atoms with E-state index in [4.69, 9.17) is 4.74 Å². The zero-order chi connectivity index (χ0) is 14.6. The average Bonchev–Trinajstić information content (AvgIpc) is 2.94. The summed E-state index contributed by atoms with van der Waals surface area (Å²) < 4.78 is 5.11. The summed E-state index contributed by atoms with van der Waals surface area (Å²) in [7, 11) is 1.53. The number of rotatable bonds is 5. The predicted molar refractivity (Wildman–Crippen MR) is 79.2 cm³/mol. The molecule has 0 saturated heterocycles. The van der Waals surface area contributed by atoms with E-state index >= 15 is 0 Å². The summed E-state index contributed by atoms with van der Waals surface area (Å²) in [6.45, 7) is 1.81. The number of carbonyl (C=O) groups is 1. The second-order valence-electron chi connectivity index (χ2n) is 4.64. The van der Waals surface area contributed by atoms with Crippen molar-refractivity contribution in [1.29, 1.82) is 0 Å². The van der Waals surface area contributed by atoms with E-state index in [1.54, 1.807) is 18.4 Å². The van der Waals surface area contributed by atoms with Gasteiger partial charge in [0.05, 0.1) is 13.7 Å². The molecule has 4 nitrogen and oxygen atoms in total. The summed E-state index contributed by atoms with van der Waals surface area (Å²) in [6, 6.07) is 11.0. The fourth-order valence-corrected chi connectivity index (χ4v) is 2.63. The fourth-order valence-electron chi connectivity index (χ4n) is 1.86. The van der Waals surface area contributed by atoms with Crippen LogP contribution in [-0.2, 0) is 5.60 Å². The van der Waals surface area contributed by atoms with E-state index in [0.717, 1.165) is 5.56 Å². The van der Waals surface area contributed by atoms with Crippen molar-refractivity contribution in [3.63, 3.8) is 0 Å². The van der Waals surface area contributed by atoms with Crippen molar-refractivity contribution in [2.24, 2.45) is 0 Å². The van der Waals surface area contributed by atoms with Crippen molar-refractivity contribution >= 4 is 17.2 Å². The number of nitrogens with one attached hydrogen (secondary N) is 1. The summed E-state index contributed by atoms with van der Waals surface area (Å²) >= 11 is 1.31. The minimum Gasteiger partial charge on any atom is -0.495 e. The van der Waals surface area contributed by atoms with E-state index < -0.39 is 5.60 Å². The van der Waals surface area contributed by atoms with Gasteiger partial charge in [-0.25, -0.2) is 0 Å². The van der Waals surface area contributed by atoms with Gasteiger partial charge < -0.3 is 15.2 Å². The number of methoxy groups -OCH3 is 1. The van der Waals surface area contributed by atoms with Gasteiger partial charge in [0.15, 0.2) is 0 Å². The van der Waals surface area contributed by atoms with Crippen LogP contribution in [-0.4, -0.2) is 24.7 Å². The first-order chi connectivity index (χ1) is 9.54. The van der Waals surface area contributed by atoms with Gasteiger partial charge in [-0.1, -0.05) is 30.3 Å². The van der Waals surface area contributed by atoms with E-state index in [0.29, 0.717) is 10.6 Å².